The van der Waals surface area contributed by atoms with Gasteiger partial charge in [0.05, 0.1) is 0 Å². The largest absolute Gasteiger partial charge is 0.121 e. The van der Waals surface area contributed by atoms with Gasteiger partial charge in [0.25, 0.3) is 0 Å². The van der Waals surface area contributed by atoms with E-state index in [1.54, 1.807) is 14.1 Å². The third kappa shape index (κ3) is 2.49. The van der Waals surface area contributed by atoms with Gasteiger partial charge in [-0.2, -0.15) is 0 Å². The average Bonchev–Trinajstić information content (AvgIpc) is 1.68. The van der Waals surface area contributed by atoms with E-state index >= 15 is 0 Å². The number of nitrogens with one attached hydrogen (secondary N) is 2. The van der Waals surface area contributed by atoms with E-state index in [1.165, 1.54) is 0 Å². The van der Waals surface area contributed by atoms with E-state index in [0.29, 0.717) is 0 Å². The highest BCUT2D eigenvalue weighted by Gasteiger charge is 2.07. The molecule has 0 aromatic carbocycles. The lowest BCUT2D eigenvalue weighted by atomic mass is 11.4. The Kier molecular flexibility index (Phi) is 2.13. The first-order valence-electron chi connectivity index (χ1n) is 1.96. The standard InChI is InChI=1S/C2H12N5/c1-5-7(3,4)6-2/h5-6H,3-4H2,1-2H3/q+1. The fourth-order valence-corrected chi connectivity index (χ4v) is 0.112. The van der Waals surface area contributed by atoms with E-state index in [4.69, 9.17) is 11.7 Å². The van der Waals surface area contributed by atoms with Crippen LogP contribution >= 0.6 is 0 Å². The lowest BCUT2D eigenvalue weighted by molar-refractivity contribution is -1.03. The first-order chi connectivity index (χ1) is 3.12. The second-order valence-electron chi connectivity index (χ2n) is 1.22. The fourth-order valence-electron chi connectivity index (χ4n) is 0.112. The minimum absolute atomic E-state index is 0.361. The summed E-state index contributed by atoms with van der Waals surface area (Å²) in [6, 6.07) is 0. The van der Waals surface area contributed by atoms with Crippen LogP contribution in [0, 0.1) is 0 Å². The molecule has 0 fully saturated rings. The molecule has 0 saturated heterocycles. The van der Waals surface area contributed by atoms with Gasteiger partial charge in [-0.1, -0.05) is 0 Å². The Balaban J connectivity index is 3.36. The van der Waals surface area contributed by atoms with E-state index in [1.807, 2.05) is 0 Å². The summed E-state index contributed by atoms with van der Waals surface area (Å²) < 4.78 is 0. The molecule has 0 heterocycles. The van der Waals surface area contributed by atoms with Crippen LogP contribution < -0.4 is 22.5 Å². The highest BCUT2D eigenvalue weighted by atomic mass is 16.1. The number of nitrogens with zero attached hydrogens (tertiary/aromatic N) is 1. The molecule has 0 unspecified atom stereocenters. The van der Waals surface area contributed by atoms with Gasteiger partial charge in [0, 0.05) is 14.1 Å². The summed E-state index contributed by atoms with van der Waals surface area (Å²) in [4.78, 5) is -0.361. The van der Waals surface area contributed by atoms with Crippen molar-refractivity contribution in [1.82, 2.24) is 10.9 Å². The van der Waals surface area contributed by atoms with Crippen LogP contribution in [0.25, 0.3) is 0 Å². The predicted molar refractivity (Wildman–Crippen MR) is 26.8 cm³/mol. The highest BCUT2D eigenvalue weighted by Crippen LogP contribution is 1.59. The summed E-state index contributed by atoms with van der Waals surface area (Å²) in [7, 11) is 3.30. The Labute approximate surface area is 42.7 Å². The molecule has 0 saturated carbocycles. The van der Waals surface area contributed by atoms with Crippen LogP contribution in [0.2, 0.25) is 0 Å². The van der Waals surface area contributed by atoms with Crippen molar-refractivity contribution in [3.63, 3.8) is 0 Å². The molecule has 7 heavy (non-hydrogen) atoms. The van der Waals surface area contributed by atoms with Crippen LogP contribution in [0.1, 0.15) is 0 Å². The Bertz CT molecular complexity index is 44.0. The normalized spacial score (nSPS) is 12.0. The van der Waals surface area contributed by atoms with Crippen LogP contribution in [-0.4, -0.2) is 19.0 Å². The quantitative estimate of drug-likeness (QED) is 0.183. The molecule has 5 nitrogen and oxygen atoms in total. The summed E-state index contributed by atoms with van der Waals surface area (Å²) in [5, 5.41) is 0. The zero-order chi connectivity index (χ0) is 5.91. The molecule has 0 radical (unpaired) electrons. The maximum absolute atomic E-state index is 5.21. The van der Waals surface area contributed by atoms with Crippen molar-refractivity contribution in [3.05, 3.63) is 0 Å². The van der Waals surface area contributed by atoms with Gasteiger partial charge in [-0.3, -0.25) is 0 Å². The first kappa shape index (κ1) is 6.80. The molecule has 6 N–H and O–H groups in total. The Morgan fingerprint density at radius 3 is 1.43 bits per heavy atom. The summed E-state index contributed by atoms with van der Waals surface area (Å²) in [6.07, 6.45) is 0. The van der Waals surface area contributed by atoms with Gasteiger partial charge in [-0.05, 0) is 4.92 Å². The molecule has 0 amide bonds. The summed E-state index contributed by atoms with van der Waals surface area (Å²) in [5.74, 6) is 10.4. The monoisotopic (exact) mass is 106 g/mol. The van der Waals surface area contributed by atoms with E-state index in [-0.39, 0.29) is 4.92 Å². The lowest BCUT2D eigenvalue weighted by Crippen LogP contribution is -2.73. The molecule has 0 bridgehead atoms. The summed E-state index contributed by atoms with van der Waals surface area (Å²) >= 11 is 0. The minimum atomic E-state index is -0.361. The predicted octanol–water partition coefficient (Wildman–Crippen LogP) is -2.18. The van der Waals surface area contributed by atoms with Gasteiger partial charge in [0.2, 0.25) is 0 Å². The van der Waals surface area contributed by atoms with Crippen LogP contribution in [0.4, 0.5) is 0 Å². The van der Waals surface area contributed by atoms with Crippen LogP contribution in [0.5, 0.6) is 0 Å². The van der Waals surface area contributed by atoms with Crippen molar-refractivity contribution < 1.29 is 4.92 Å². The van der Waals surface area contributed by atoms with Crippen molar-refractivity contribution >= 4 is 0 Å². The van der Waals surface area contributed by atoms with Crippen molar-refractivity contribution in [1.29, 1.82) is 0 Å². The Morgan fingerprint density at radius 1 is 1.14 bits per heavy atom. The summed E-state index contributed by atoms with van der Waals surface area (Å²) in [6.45, 7) is 0. The smallest absolute Gasteiger partial charge is 0.0396 e. The molecule has 0 aromatic rings. The fraction of sp³-hybridized carbons (Fsp3) is 1.00. The first-order valence-corrected chi connectivity index (χ1v) is 1.96. The van der Waals surface area contributed by atoms with Gasteiger partial charge in [-0.15, -0.1) is 22.5 Å². The number of rotatable bonds is 2. The molecule has 44 valence electrons. The van der Waals surface area contributed by atoms with Gasteiger partial charge in [0.1, 0.15) is 0 Å². The molecule has 5 heteroatoms. The van der Waals surface area contributed by atoms with Crippen molar-refractivity contribution in [3.8, 4) is 0 Å². The number of nitrogens with two attached hydrogens (primary N) is 2. The molecule has 0 aliphatic heterocycles. The molecule has 0 atom stereocenters. The molecule has 0 aliphatic rings. The van der Waals surface area contributed by atoms with Crippen LogP contribution in [0.3, 0.4) is 0 Å². The van der Waals surface area contributed by atoms with Crippen LogP contribution in [-0.2, 0) is 0 Å². The van der Waals surface area contributed by atoms with Gasteiger partial charge >= 0.3 is 0 Å². The van der Waals surface area contributed by atoms with E-state index in [9.17, 15) is 0 Å². The molecular formula is C2H12N5+. The Hall–Kier alpha value is -0.200. The highest BCUT2D eigenvalue weighted by molar-refractivity contribution is 3.89. The maximum atomic E-state index is 5.21. The second-order valence-corrected chi connectivity index (χ2v) is 1.22. The number of hydrogen-bond acceptors (Lipinski definition) is 4. The van der Waals surface area contributed by atoms with Gasteiger partial charge in [-0.25, -0.2) is 0 Å². The zero-order valence-electron chi connectivity index (χ0n) is 4.60. The van der Waals surface area contributed by atoms with Crippen LogP contribution in [0.15, 0.2) is 0 Å². The summed E-state index contributed by atoms with van der Waals surface area (Å²) in [5.41, 5.74) is 5.15. The lowest BCUT2D eigenvalue weighted by Gasteiger charge is -2.20. The molecule has 0 aromatic heterocycles. The molecular weight excluding hydrogens is 94.1 g/mol. The topological polar surface area (TPSA) is 76.1 Å². The molecule has 0 rings (SSSR count). The van der Waals surface area contributed by atoms with E-state index in [0.717, 1.165) is 0 Å². The van der Waals surface area contributed by atoms with E-state index < -0.39 is 0 Å². The number of quaternary nitrogens is 1. The maximum Gasteiger partial charge on any atom is 0.0396 e. The zero-order valence-corrected chi connectivity index (χ0v) is 4.60. The number of hydrogen-bond donors (Lipinski definition) is 4. The van der Waals surface area contributed by atoms with Gasteiger partial charge in [0.15, 0.2) is 0 Å². The van der Waals surface area contributed by atoms with Crippen molar-refractivity contribution in [2.45, 2.75) is 0 Å². The van der Waals surface area contributed by atoms with Crippen molar-refractivity contribution in [2.24, 2.45) is 11.7 Å². The average molecular weight is 106 g/mol. The third-order valence-corrected chi connectivity index (χ3v) is 0.740. The minimum Gasteiger partial charge on any atom is -0.121 e. The van der Waals surface area contributed by atoms with Gasteiger partial charge < -0.3 is 0 Å². The second kappa shape index (κ2) is 2.20. The SMILES string of the molecule is CN[N+](N)(N)NC. The van der Waals surface area contributed by atoms with E-state index in [2.05, 4.69) is 10.9 Å². The Morgan fingerprint density at radius 2 is 1.43 bits per heavy atom. The molecule has 0 aliphatic carbocycles. The third-order valence-electron chi connectivity index (χ3n) is 0.740. The molecule has 0 spiro atoms. The van der Waals surface area contributed by atoms with Crippen molar-refractivity contribution in [2.75, 3.05) is 14.1 Å².